The Morgan fingerprint density at radius 2 is 2.04 bits per heavy atom. The van der Waals surface area contributed by atoms with Gasteiger partial charge in [0.05, 0.1) is 5.25 Å². The van der Waals surface area contributed by atoms with Gasteiger partial charge in [-0.25, -0.2) is 0 Å². The number of amides is 1. The average Bonchev–Trinajstić information content (AvgIpc) is 3.31. The Bertz CT molecular complexity index is 906. The number of nitrogens with one attached hydrogen (secondary N) is 1. The summed E-state index contributed by atoms with van der Waals surface area (Å²) in [4.78, 5) is 12.8. The Hall–Kier alpha value is -2.61. The van der Waals surface area contributed by atoms with Crippen LogP contribution in [0.2, 0.25) is 0 Å². The van der Waals surface area contributed by atoms with E-state index in [1.165, 1.54) is 11.8 Å². The number of rotatable bonds is 9. The lowest BCUT2D eigenvalue weighted by molar-refractivity contribution is -0.115. The maximum Gasteiger partial charge on any atom is 0.239 e. The van der Waals surface area contributed by atoms with E-state index in [2.05, 4.69) is 34.5 Å². The van der Waals surface area contributed by atoms with Crippen molar-refractivity contribution in [2.75, 3.05) is 5.32 Å². The van der Waals surface area contributed by atoms with Crippen molar-refractivity contribution in [3.8, 4) is 11.4 Å². The average molecular weight is 400 g/mol. The van der Waals surface area contributed by atoms with Gasteiger partial charge in [0.25, 0.3) is 0 Å². The number of thioether (sulfide) groups is 1. The standard InChI is InChI=1S/C20H25N5O2S/c1-4-6-12-16(19(26)21-17-13-14(3)27-24-17)28-20-23-22-18(25(20)5-2)15-10-8-7-9-11-15/h7-11,13,16H,4-6,12H2,1-3H3,(H,21,24,26)/t16-/m1/s1. The second-order valence-corrected chi connectivity index (χ2v) is 7.65. The zero-order valence-corrected chi connectivity index (χ0v) is 17.2. The Morgan fingerprint density at radius 3 is 2.68 bits per heavy atom. The predicted molar refractivity (Wildman–Crippen MR) is 110 cm³/mol. The van der Waals surface area contributed by atoms with Crippen molar-refractivity contribution >= 4 is 23.5 Å². The van der Waals surface area contributed by atoms with Gasteiger partial charge >= 0.3 is 0 Å². The molecule has 2 heterocycles. The van der Waals surface area contributed by atoms with Gasteiger partial charge in [-0.15, -0.1) is 10.2 Å². The Labute approximate surface area is 168 Å². The lowest BCUT2D eigenvalue weighted by atomic mass is 10.2. The zero-order chi connectivity index (χ0) is 19.9. The van der Waals surface area contributed by atoms with Crippen molar-refractivity contribution in [1.29, 1.82) is 0 Å². The summed E-state index contributed by atoms with van der Waals surface area (Å²) in [7, 11) is 0. The van der Waals surface area contributed by atoms with Gasteiger partial charge in [0.2, 0.25) is 5.91 Å². The second kappa shape index (κ2) is 9.54. The van der Waals surface area contributed by atoms with Gasteiger partial charge in [-0.3, -0.25) is 4.79 Å². The molecule has 0 radical (unpaired) electrons. The van der Waals surface area contributed by atoms with E-state index in [1.54, 1.807) is 13.0 Å². The molecule has 1 aromatic carbocycles. The number of hydrogen-bond donors (Lipinski definition) is 1. The number of unbranched alkanes of at least 4 members (excludes halogenated alkanes) is 1. The summed E-state index contributed by atoms with van der Waals surface area (Å²) in [5, 5.41) is 15.9. The van der Waals surface area contributed by atoms with E-state index < -0.39 is 0 Å². The molecule has 8 heteroatoms. The van der Waals surface area contributed by atoms with Crippen molar-refractivity contribution in [2.24, 2.45) is 0 Å². The second-order valence-electron chi connectivity index (χ2n) is 6.48. The van der Waals surface area contributed by atoms with Gasteiger partial charge in [0.15, 0.2) is 16.8 Å². The molecule has 3 aromatic rings. The number of aryl methyl sites for hydroxylation is 1. The molecule has 0 aliphatic carbocycles. The molecule has 0 unspecified atom stereocenters. The minimum atomic E-state index is -0.282. The number of anilines is 1. The molecule has 148 valence electrons. The van der Waals surface area contributed by atoms with Crippen molar-refractivity contribution in [3.05, 3.63) is 42.2 Å². The van der Waals surface area contributed by atoms with Crippen LogP contribution in [0, 0.1) is 6.92 Å². The van der Waals surface area contributed by atoms with Crippen LogP contribution in [0.25, 0.3) is 11.4 Å². The van der Waals surface area contributed by atoms with E-state index in [0.29, 0.717) is 11.6 Å². The molecular formula is C20H25N5O2S. The number of carbonyl (C=O) groups is 1. The van der Waals surface area contributed by atoms with Gasteiger partial charge in [-0.05, 0) is 20.3 Å². The largest absolute Gasteiger partial charge is 0.360 e. The number of aromatic nitrogens is 4. The third-order valence-corrected chi connectivity index (χ3v) is 5.55. The highest BCUT2D eigenvalue weighted by molar-refractivity contribution is 8.00. The van der Waals surface area contributed by atoms with Gasteiger partial charge < -0.3 is 14.4 Å². The summed E-state index contributed by atoms with van der Waals surface area (Å²) in [5.41, 5.74) is 1.01. The normalized spacial score (nSPS) is 12.1. The lowest BCUT2D eigenvalue weighted by Gasteiger charge is -2.15. The molecule has 0 fully saturated rings. The molecule has 0 spiro atoms. The van der Waals surface area contributed by atoms with Crippen LogP contribution < -0.4 is 5.32 Å². The Balaban J connectivity index is 1.80. The molecule has 1 atom stereocenters. The van der Waals surface area contributed by atoms with E-state index in [1.807, 2.05) is 34.9 Å². The van der Waals surface area contributed by atoms with Gasteiger partial charge in [-0.1, -0.05) is 67.0 Å². The quantitative estimate of drug-likeness (QED) is 0.531. The fraction of sp³-hybridized carbons (Fsp3) is 0.400. The third kappa shape index (κ3) is 4.81. The SMILES string of the molecule is CCCC[C@@H](Sc1nnc(-c2ccccc2)n1CC)C(=O)Nc1cc(C)on1. The molecule has 0 saturated carbocycles. The number of hydrogen-bond acceptors (Lipinski definition) is 6. The topological polar surface area (TPSA) is 85.8 Å². The van der Waals surface area contributed by atoms with Crippen LogP contribution in [-0.2, 0) is 11.3 Å². The fourth-order valence-corrected chi connectivity index (χ4v) is 3.99. The van der Waals surface area contributed by atoms with E-state index >= 15 is 0 Å². The van der Waals surface area contributed by atoms with Crippen LogP contribution in [0.4, 0.5) is 5.82 Å². The smallest absolute Gasteiger partial charge is 0.239 e. The number of carbonyl (C=O) groups excluding carboxylic acids is 1. The van der Waals surface area contributed by atoms with Crippen LogP contribution in [0.3, 0.4) is 0 Å². The number of nitrogens with zero attached hydrogens (tertiary/aromatic N) is 4. The first-order valence-electron chi connectivity index (χ1n) is 9.51. The minimum Gasteiger partial charge on any atom is -0.360 e. The summed E-state index contributed by atoms with van der Waals surface area (Å²) < 4.78 is 7.08. The van der Waals surface area contributed by atoms with Crippen molar-refractivity contribution in [1.82, 2.24) is 19.9 Å². The van der Waals surface area contributed by atoms with E-state index in [4.69, 9.17) is 4.52 Å². The third-order valence-electron chi connectivity index (χ3n) is 4.30. The highest BCUT2D eigenvalue weighted by atomic mass is 32.2. The van der Waals surface area contributed by atoms with Crippen molar-refractivity contribution in [2.45, 2.75) is 57.0 Å². The van der Waals surface area contributed by atoms with Crippen LogP contribution in [-0.4, -0.2) is 31.1 Å². The molecule has 7 nitrogen and oxygen atoms in total. The molecule has 1 amide bonds. The van der Waals surface area contributed by atoms with Gasteiger partial charge in [0.1, 0.15) is 5.76 Å². The first kappa shape index (κ1) is 20.1. The lowest BCUT2D eigenvalue weighted by Crippen LogP contribution is -2.26. The highest BCUT2D eigenvalue weighted by Crippen LogP contribution is 2.29. The van der Waals surface area contributed by atoms with Crippen LogP contribution in [0.1, 0.15) is 38.9 Å². The van der Waals surface area contributed by atoms with E-state index in [9.17, 15) is 4.79 Å². The van der Waals surface area contributed by atoms with Crippen LogP contribution in [0.5, 0.6) is 0 Å². The zero-order valence-electron chi connectivity index (χ0n) is 16.4. The summed E-state index contributed by atoms with van der Waals surface area (Å²) in [6.45, 7) is 6.69. The first-order valence-corrected chi connectivity index (χ1v) is 10.4. The molecule has 0 aliphatic heterocycles. The van der Waals surface area contributed by atoms with E-state index in [0.717, 1.165) is 42.4 Å². The Kier molecular flexibility index (Phi) is 6.86. The van der Waals surface area contributed by atoms with E-state index in [-0.39, 0.29) is 11.2 Å². The maximum atomic E-state index is 12.8. The summed E-state index contributed by atoms with van der Waals surface area (Å²) in [6, 6.07) is 11.7. The minimum absolute atomic E-state index is 0.0985. The molecule has 0 aliphatic rings. The summed E-state index contributed by atoms with van der Waals surface area (Å²) in [6.07, 6.45) is 2.72. The highest BCUT2D eigenvalue weighted by Gasteiger charge is 2.24. The number of benzene rings is 1. The molecule has 1 N–H and O–H groups in total. The van der Waals surface area contributed by atoms with Crippen LogP contribution >= 0.6 is 11.8 Å². The molecule has 3 rings (SSSR count). The molecule has 0 bridgehead atoms. The fourth-order valence-electron chi connectivity index (χ4n) is 2.85. The molecule has 0 saturated heterocycles. The monoisotopic (exact) mass is 399 g/mol. The van der Waals surface area contributed by atoms with Crippen molar-refractivity contribution in [3.63, 3.8) is 0 Å². The molecular weight excluding hydrogens is 374 g/mol. The molecule has 2 aromatic heterocycles. The Morgan fingerprint density at radius 1 is 1.25 bits per heavy atom. The summed E-state index contributed by atoms with van der Waals surface area (Å²) >= 11 is 1.45. The first-order chi connectivity index (χ1) is 13.6. The predicted octanol–water partition coefficient (Wildman–Crippen LogP) is 4.55. The maximum absolute atomic E-state index is 12.8. The van der Waals surface area contributed by atoms with Gasteiger partial charge in [-0.2, -0.15) is 0 Å². The molecule has 28 heavy (non-hydrogen) atoms. The van der Waals surface area contributed by atoms with Crippen molar-refractivity contribution < 1.29 is 9.32 Å². The summed E-state index contributed by atoms with van der Waals surface area (Å²) in [5.74, 6) is 1.81. The van der Waals surface area contributed by atoms with Crippen LogP contribution in [0.15, 0.2) is 46.1 Å². The van der Waals surface area contributed by atoms with Gasteiger partial charge in [0, 0.05) is 18.2 Å².